The fourth-order valence-electron chi connectivity index (χ4n) is 2.91. The van der Waals surface area contributed by atoms with E-state index in [2.05, 4.69) is 30.0 Å². The van der Waals surface area contributed by atoms with Crippen molar-refractivity contribution in [3.05, 3.63) is 29.8 Å². The Balaban J connectivity index is 1.93. The van der Waals surface area contributed by atoms with Crippen LogP contribution in [0, 0.1) is 0 Å². The first-order valence-corrected chi connectivity index (χ1v) is 8.00. The number of unbranched alkanes of at least 4 members (excludes halogenated alkanes) is 3. The third-order valence-corrected chi connectivity index (χ3v) is 4.16. The minimum absolute atomic E-state index is 0.488. The van der Waals surface area contributed by atoms with Crippen LogP contribution in [0.3, 0.4) is 0 Å². The molecule has 0 spiro atoms. The number of nitrogens with two attached hydrogens (primary N) is 1. The van der Waals surface area contributed by atoms with E-state index >= 15 is 0 Å². The van der Waals surface area contributed by atoms with Gasteiger partial charge in [-0.05, 0) is 12.5 Å². The van der Waals surface area contributed by atoms with Gasteiger partial charge in [-0.15, -0.1) is 0 Å². The van der Waals surface area contributed by atoms with Gasteiger partial charge in [0.2, 0.25) is 0 Å². The van der Waals surface area contributed by atoms with Gasteiger partial charge in [0.1, 0.15) is 12.4 Å². The Hall–Kier alpha value is -1.06. The maximum Gasteiger partial charge on any atom is 0.123 e. The van der Waals surface area contributed by atoms with Gasteiger partial charge in [0.15, 0.2) is 0 Å². The molecule has 1 aliphatic heterocycles. The second kappa shape index (κ2) is 8.28. The van der Waals surface area contributed by atoms with Crippen molar-refractivity contribution in [2.24, 2.45) is 5.73 Å². The molecule has 1 aromatic carbocycles. The Bertz CT molecular complexity index is 394. The smallest absolute Gasteiger partial charge is 0.123 e. The number of nitrogens with zero attached hydrogens (tertiary/aromatic N) is 1. The summed E-state index contributed by atoms with van der Waals surface area (Å²) in [5.41, 5.74) is 7.30. The van der Waals surface area contributed by atoms with E-state index in [1.54, 1.807) is 0 Å². The average molecular weight is 276 g/mol. The van der Waals surface area contributed by atoms with Crippen molar-refractivity contribution in [3.8, 4) is 5.75 Å². The summed E-state index contributed by atoms with van der Waals surface area (Å²) >= 11 is 0. The van der Waals surface area contributed by atoms with Gasteiger partial charge in [-0.3, -0.25) is 4.90 Å². The van der Waals surface area contributed by atoms with Crippen LogP contribution in [0.15, 0.2) is 24.3 Å². The SMILES string of the molecule is CCCCCCC(CN)N1CCOc2ccccc2C1. The van der Waals surface area contributed by atoms with E-state index in [0.29, 0.717) is 6.04 Å². The van der Waals surface area contributed by atoms with E-state index in [9.17, 15) is 0 Å². The largest absolute Gasteiger partial charge is 0.492 e. The summed E-state index contributed by atoms with van der Waals surface area (Å²) in [6.07, 6.45) is 6.45. The molecule has 0 saturated carbocycles. The quantitative estimate of drug-likeness (QED) is 0.777. The molecule has 2 rings (SSSR count). The van der Waals surface area contributed by atoms with Gasteiger partial charge in [0.05, 0.1) is 0 Å². The number of hydrogen-bond acceptors (Lipinski definition) is 3. The van der Waals surface area contributed by atoms with E-state index in [-0.39, 0.29) is 0 Å². The maximum absolute atomic E-state index is 6.01. The number of ether oxygens (including phenoxy) is 1. The molecule has 2 N–H and O–H groups in total. The predicted molar refractivity (Wildman–Crippen MR) is 83.9 cm³/mol. The molecule has 112 valence electrons. The molecule has 1 aromatic rings. The van der Waals surface area contributed by atoms with E-state index < -0.39 is 0 Å². The standard InChI is InChI=1S/C17H28N2O/c1-2-3-4-5-9-16(13-18)19-11-12-20-17-10-7-6-8-15(17)14-19/h6-8,10,16H,2-5,9,11-14,18H2,1H3. The van der Waals surface area contributed by atoms with Gasteiger partial charge >= 0.3 is 0 Å². The first-order valence-electron chi connectivity index (χ1n) is 8.00. The normalized spacial score (nSPS) is 17.1. The summed E-state index contributed by atoms with van der Waals surface area (Å²) in [6, 6.07) is 8.85. The van der Waals surface area contributed by atoms with E-state index in [0.717, 1.165) is 32.0 Å². The number of hydrogen-bond donors (Lipinski definition) is 1. The molecule has 0 radical (unpaired) electrons. The topological polar surface area (TPSA) is 38.5 Å². The maximum atomic E-state index is 6.01. The molecule has 1 heterocycles. The molecule has 1 atom stereocenters. The van der Waals surface area contributed by atoms with E-state index in [4.69, 9.17) is 10.5 Å². The summed E-state index contributed by atoms with van der Waals surface area (Å²) in [5, 5.41) is 0. The highest BCUT2D eigenvalue weighted by molar-refractivity contribution is 5.33. The van der Waals surface area contributed by atoms with Crippen LogP contribution < -0.4 is 10.5 Å². The van der Waals surface area contributed by atoms with E-state index in [1.807, 2.05) is 6.07 Å². The summed E-state index contributed by atoms with van der Waals surface area (Å²) in [6.45, 7) is 5.70. The molecular formula is C17H28N2O. The van der Waals surface area contributed by atoms with Crippen LogP contribution in [0.25, 0.3) is 0 Å². The van der Waals surface area contributed by atoms with Crippen molar-refractivity contribution in [2.75, 3.05) is 19.7 Å². The van der Waals surface area contributed by atoms with Gasteiger partial charge in [-0.2, -0.15) is 0 Å². The number of fused-ring (bicyclic) bond motifs is 1. The molecule has 3 heteroatoms. The van der Waals surface area contributed by atoms with Gasteiger partial charge in [-0.1, -0.05) is 50.8 Å². The van der Waals surface area contributed by atoms with Gasteiger partial charge < -0.3 is 10.5 Å². The second-order valence-electron chi connectivity index (χ2n) is 5.67. The number of para-hydroxylation sites is 1. The Morgan fingerprint density at radius 3 is 2.90 bits per heavy atom. The summed E-state index contributed by atoms with van der Waals surface area (Å²) in [4.78, 5) is 2.50. The molecule has 0 aromatic heterocycles. The summed E-state index contributed by atoms with van der Waals surface area (Å²) in [5.74, 6) is 1.04. The van der Waals surface area contributed by atoms with Crippen LogP contribution >= 0.6 is 0 Å². The Kier molecular flexibility index (Phi) is 6.34. The van der Waals surface area contributed by atoms with Crippen molar-refractivity contribution < 1.29 is 4.74 Å². The average Bonchev–Trinajstić information content (AvgIpc) is 2.69. The van der Waals surface area contributed by atoms with Gasteiger partial charge in [0.25, 0.3) is 0 Å². The molecule has 3 nitrogen and oxygen atoms in total. The highest BCUT2D eigenvalue weighted by Gasteiger charge is 2.21. The highest BCUT2D eigenvalue weighted by Crippen LogP contribution is 2.24. The molecular weight excluding hydrogens is 248 g/mol. The van der Waals surface area contributed by atoms with Crippen molar-refractivity contribution >= 4 is 0 Å². The minimum Gasteiger partial charge on any atom is -0.492 e. The second-order valence-corrected chi connectivity index (χ2v) is 5.67. The Morgan fingerprint density at radius 1 is 1.25 bits per heavy atom. The lowest BCUT2D eigenvalue weighted by molar-refractivity contribution is 0.162. The molecule has 0 aliphatic carbocycles. The third-order valence-electron chi connectivity index (χ3n) is 4.16. The van der Waals surface area contributed by atoms with Crippen LogP contribution in [0.2, 0.25) is 0 Å². The van der Waals surface area contributed by atoms with Crippen molar-refractivity contribution in [1.29, 1.82) is 0 Å². The van der Waals surface area contributed by atoms with Crippen molar-refractivity contribution in [3.63, 3.8) is 0 Å². The van der Waals surface area contributed by atoms with Crippen molar-refractivity contribution in [1.82, 2.24) is 4.90 Å². The van der Waals surface area contributed by atoms with Crippen LogP contribution in [0.4, 0.5) is 0 Å². The molecule has 1 aliphatic rings. The lowest BCUT2D eigenvalue weighted by Gasteiger charge is -2.29. The van der Waals surface area contributed by atoms with Crippen LogP contribution in [-0.4, -0.2) is 30.6 Å². The minimum atomic E-state index is 0.488. The fraction of sp³-hybridized carbons (Fsp3) is 0.647. The monoisotopic (exact) mass is 276 g/mol. The lowest BCUT2D eigenvalue weighted by Crippen LogP contribution is -2.41. The first-order chi connectivity index (χ1) is 9.85. The van der Waals surface area contributed by atoms with Crippen molar-refractivity contribution in [2.45, 2.75) is 51.6 Å². The zero-order valence-corrected chi connectivity index (χ0v) is 12.7. The molecule has 0 amide bonds. The molecule has 0 bridgehead atoms. The van der Waals surface area contributed by atoms with Crippen LogP contribution in [-0.2, 0) is 6.54 Å². The Labute approximate surface area is 123 Å². The van der Waals surface area contributed by atoms with Gasteiger partial charge in [-0.25, -0.2) is 0 Å². The van der Waals surface area contributed by atoms with E-state index in [1.165, 1.54) is 37.7 Å². The number of rotatable bonds is 7. The van der Waals surface area contributed by atoms with Gasteiger partial charge in [0, 0.05) is 31.2 Å². The third kappa shape index (κ3) is 4.22. The molecule has 0 saturated heterocycles. The zero-order valence-electron chi connectivity index (χ0n) is 12.7. The first kappa shape index (κ1) is 15.3. The number of benzene rings is 1. The summed E-state index contributed by atoms with van der Waals surface area (Å²) < 4.78 is 5.83. The van der Waals surface area contributed by atoms with Crippen LogP contribution in [0.1, 0.15) is 44.6 Å². The predicted octanol–water partition coefficient (Wildman–Crippen LogP) is 3.18. The fourth-order valence-corrected chi connectivity index (χ4v) is 2.91. The van der Waals surface area contributed by atoms with Crippen LogP contribution in [0.5, 0.6) is 5.75 Å². The summed E-state index contributed by atoms with van der Waals surface area (Å²) in [7, 11) is 0. The molecule has 0 fully saturated rings. The molecule has 1 unspecified atom stereocenters. The highest BCUT2D eigenvalue weighted by atomic mass is 16.5. The zero-order chi connectivity index (χ0) is 14.2. The lowest BCUT2D eigenvalue weighted by atomic mass is 10.0. The Morgan fingerprint density at radius 2 is 2.10 bits per heavy atom. The molecule has 20 heavy (non-hydrogen) atoms.